The summed E-state index contributed by atoms with van der Waals surface area (Å²) in [7, 11) is 0. The van der Waals surface area contributed by atoms with Crippen LogP contribution in [0.15, 0.2) is 39.9 Å². The highest BCUT2D eigenvalue weighted by Crippen LogP contribution is 2.40. The maximum Gasteiger partial charge on any atom is 0.329 e. The van der Waals surface area contributed by atoms with E-state index in [0.29, 0.717) is 18.6 Å². The van der Waals surface area contributed by atoms with E-state index in [-0.39, 0.29) is 22.8 Å². The average Bonchev–Trinajstić information content (AvgIpc) is 3.68. The Morgan fingerprint density at radius 1 is 1.21 bits per heavy atom. The molecule has 9 heteroatoms. The minimum Gasteiger partial charge on any atom is -0.322 e. The lowest BCUT2D eigenvalue weighted by Gasteiger charge is -2.27. The zero-order valence-electron chi connectivity index (χ0n) is 19.3. The molecule has 2 aliphatic rings. The Morgan fingerprint density at radius 2 is 1.97 bits per heavy atom. The molecule has 0 radical (unpaired) electrons. The summed E-state index contributed by atoms with van der Waals surface area (Å²) in [6.07, 6.45) is 2.70. The first-order valence-corrected chi connectivity index (χ1v) is 13.1. The number of pyridine rings is 1. The van der Waals surface area contributed by atoms with Crippen molar-refractivity contribution in [1.82, 2.24) is 19.4 Å². The van der Waals surface area contributed by atoms with E-state index in [2.05, 4.69) is 20.2 Å². The molecule has 178 valence electrons. The largest absolute Gasteiger partial charge is 0.329 e. The molecule has 1 saturated heterocycles. The van der Waals surface area contributed by atoms with Gasteiger partial charge >= 0.3 is 5.69 Å². The molecule has 2 N–H and O–H groups in total. The highest BCUT2D eigenvalue weighted by molar-refractivity contribution is 7.99. The van der Waals surface area contributed by atoms with Gasteiger partial charge in [0.05, 0.1) is 10.9 Å². The van der Waals surface area contributed by atoms with Crippen molar-refractivity contribution in [3.8, 4) is 0 Å². The van der Waals surface area contributed by atoms with Crippen molar-refractivity contribution in [1.29, 1.82) is 0 Å². The fourth-order valence-corrected chi connectivity index (χ4v) is 5.44. The summed E-state index contributed by atoms with van der Waals surface area (Å²) in [5, 5.41) is 3.22. The van der Waals surface area contributed by atoms with Crippen LogP contribution >= 0.6 is 11.8 Å². The number of aryl methyl sites for hydroxylation is 1. The topological polar surface area (TPSA) is 100 Å². The smallest absolute Gasteiger partial charge is 0.322 e. The van der Waals surface area contributed by atoms with Gasteiger partial charge in [0.1, 0.15) is 0 Å². The molecule has 3 aromatic rings. The molecule has 2 aromatic heterocycles. The fraction of sp³-hybridized carbons (Fsp3) is 0.440. The van der Waals surface area contributed by atoms with Gasteiger partial charge in [-0.15, -0.1) is 0 Å². The predicted octanol–water partition coefficient (Wildman–Crippen LogP) is 3.17. The predicted molar refractivity (Wildman–Crippen MR) is 136 cm³/mol. The lowest BCUT2D eigenvalue weighted by atomic mass is 10.1. The van der Waals surface area contributed by atoms with E-state index >= 15 is 0 Å². The lowest BCUT2D eigenvalue weighted by molar-refractivity contribution is 0.102. The average molecular weight is 480 g/mol. The van der Waals surface area contributed by atoms with E-state index in [0.717, 1.165) is 60.9 Å². The number of para-hydroxylation sites is 1. The van der Waals surface area contributed by atoms with Gasteiger partial charge in [-0.2, -0.15) is 11.8 Å². The van der Waals surface area contributed by atoms with Gasteiger partial charge in [0.25, 0.3) is 11.5 Å². The van der Waals surface area contributed by atoms with Crippen molar-refractivity contribution in [2.75, 3.05) is 29.9 Å². The molecule has 0 atom stereocenters. The van der Waals surface area contributed by atoms with Crippen LogP contribution in [-0.2, 0) is 13.1 Å². The van der Waals surface area contributed by atoms with Crippen LogP contribution < -0.4 is 16.6 Å². The second-order valence-corrected chi connectivity index (χ2v) is 10.2. The van der Waals surface area contributed by atoms with Gasteiger partial charge in [-0.05, 0) is 37.0 Å². The number of carbonyl (C=O) groups excluding carboxylic acids is 1. The molecule has 8 nitrogen and oxygen atoms in total. The van der Waals surface area contributed by atoms with Gasteiger partial charge in [0, 0.05) is 55.0 Å². The summed E-state index contributed by atoms with van der Waals surface area (Å²) in [4.78, 5) is 48.4. The van der Waals surface area contributed by atoms with Crippen LogP contribution in [0.2, 0.25) is 0 Å². The summed E-state index contributed by atoms with van der Waals surface area (Å²) >= 11 is 1.96. The first-order chi connectivity index (χ1) is 16.5. The molecule has 2 fully saturated rings. The van der Waals surface area contributed by atoms with Crippen LogP contribution in [0, 0.1) is 0 Å². The first-order valence-electron chi connectivity index (χ1n) is 11.9. The number of rotatable bonds is 7. The highest BCUT2D eigenvalue weighted by atomic mass is 32.2. The monoisotopic (exact) mass is 479 g/mol. The summed E-state index contributed by atoms with van der Waals surface area (Å²) in [5.74, 6) is 2.14. The summed E-state index contributed by atoms with van der Waals surface area (Å²) < 4.78 is 1.47. The summed E-state index contributed by atoms with van der Waals surface area (Å²) in [6.45, 7) is 5.19. The van der Waals surface area contributed by atoms with E-state index in [1.54, 1.807) is 6.07 Å². The summed E-state index contributed by atoms with van der Waals surface area (Å²) in [5.41, 5.74) is 2.04. The van der Waals surface area contributed by atoms with Crippen LogP contribution in [0.5, 0.6) is 0 Å². The number of nitrogens with zero attached hydrogens (tertiary/aromatic N) is 3. The molecule has 1 saturated carbocycles. The second-order valence-electron chi connectivity index (χ2n) is 8.98. The molecule has 3 heterocycles. The van der Waals surface area contributed by atoms with E-state index in [9.17, 15) is 14.4 Å². The number of anilines is 1. The molecule has 0 unspecified atom stereocenters. The quantitative estimate of drug-likeness (QED) is 0.540. The van der Waals surface area contributed by atoms with Crippen LogP contribution in [0.4, 0.5) is 5.69 Å². The molecule has 1 aliphatic heterocycles. The molecular formula is C25H29N5O3S. The Labute approximate surface area is 201 Å². The molecule has 1 amide bonds. The number of thioether (sulfide) groups is 1. The number of fused-ring (bicyclic) bond motifs is 1. The van der Waals surface area contributed by atoms with Crippen LogP contribution in [0.1, 0.15) is 53.7 Å². The van der Waals surface area contributed by atoms with E-state index in [4.69, 9.17) is 0 Å². The Kier molecular flexibility index (Phi) is 6.56. The van der Waals surface area contributed by atoms with Gasteiger partial charge in [-0.1, -0.05) is 25.1 Å². The van der Waals surface area contributed by atoms with Gasteiger partial charge in [-0.25, -0.2) is 9.78 Å². The van der Waals surface area contributed by atoms with Crippen molar-refractivity contribution >= 4 is 34.4 Å². The van der Waals surface area contributed by atoms with Crippen LogP contribution in [-0.4, -0.2) is 49.9 Å². The number of nitrogens with one attached hydrogen (secondary N) is 2. The molecular weight excluding hydrogens is 450 g/mol. The number of hydrogen-bond acceptors (Lipinski definition) is 6. The minimum absolute atomic E-state index is 0.167. The summed E-state index contributed by atoms with van der Waals surface area (Å²) in [6, 6.07) is 9.54. The first kappa shape index (κ1) is 22.9. The normalized spacial score (nSPS) is 16.6. The second kappa shape index (κ2) is 9.76. The zero-order chi connectivity index (χ0) is 23.7. The number of carbonyl (C=O) groups is 1. The maximum absolute atomic E-state index is 13.6. The van der Waals surface area contributed by atoms with Crippen molar-refractivity contribution < 1.29 is 4.79 Å². The number of benzene rings is 1. The molecule has 0 spiro atoms. The number of hydrogen-bond donors (Lipinski definition) is 2. The standard InChI is InChI=1S/C25H29N5O3S/c1-2-9-30-22-21(24(32)28-25(30)33)18(14-20(26-22)16-7-8-16)23(31)27-19-6-4-3-5-17(19)15-29-10-12-34-13-11-29/h3-6,14,16H,2,7-13,15H2,1H3,(H,27,31)(H,28,32,33). The number of aromatic amines is 1. The zero-order valence-corrected chi connectivity index (χ0v) is 20.1. The highest BCUT2D eigenvalue weighted by Gasteiger charge is 2.29. The Bertz CT molecular complexity index is 1340. The van der Waals surface area contributed by atoms with E-state index in [1.807, 2.05) is 43.0 Å². The van der Waals surface area contributed by atoms with Crippen molar-refractivity contribution in [2.45, 2.75) is 45.2 Å². The van der Waals surface area contributed by atoms with Crippen molar-refractivity contribution in [3.63, 3.8) is 0 Å². The minimum atomic E-state index is -0.577. The SMILES string of the molecule is CCCn1c(=O)[nH]c(=O)c2c(C(=O)Nc3ccccc3CN3CCSCC3)cc(C3CC3)nc21. The molecule has 1 aromatic carbocycles. The number of aromatic nitrogens is 3. The molecule has 5 rings (SSSR count). The Morgan fingerprint density at radius 3 is 2.71 bits per heavy atom. The van der Waals surface area contributed by atoms with Gasteiger partial charge < -0.3 is 5.32 Å². The van der Waals surface area contributed by atoms with Gasteiger partial charge in [0.15, 0.2) is 5.65 Å². The lowest BCUT2D eigenvalue weighted by Crippen LogP contribution is -2.33. The van der Waals surface area contributed by atoms with Gasteiger partial charge in [-0.3, -0.25) is 24.0 Å². The maximum atomic E-state index is 13.6. The molecule has 0 bridgehead atoms. The van der Waals surface area contributed by atoms with Crippen molar-refractivity contribution in [2.24, 2.45) is 0 Å². The number of H-pyrrole nitrogens is 1. The Balaban J connectivity index is 1.55. The van der Waals surface area contributed by atoms with Gasteiger partial charge in [0.2, 0.25) is 0 Å². The molecule has 34 heavy (non-hydrogen) atoms. The Hall–Kier alpha value is -2.91. The van der Waals surface area contributed by atoms with Crippen LogP contribution in [0.25, 0.3) is 11.0 Å². The molecule has 1 aliphatic carbocycles. The van der Waals surface area contributed by atoms with E-state index in [1.165, 1.54) is 4.57 Å². The van der Waals surface area contributed by atoms with Crippen molar-refractivity contribution in [3.05, 3.63) is 68.0 Å². The fourth-order valence-electron chi connectivity index (χ4n) is 4.46. The third-order valence-electron chi connectivity index (χ3n) is 6.42. The van der Waals surface area contributed by atoms with E-state index < -0.39 is 11.2 Å². The van der Waals surface area contributed by atoms with Crippen LogP contribution in [0.3, 0.4) is 0 Å². The number of amides is 1. The third-order valence-corrected chi connectivity index (χ3v) is 7.36. The third kappa shape index (κ3) is 4.67.